The molecule has 0 aromatic carbocycles. The molecule has 0 saturated carbocycles. The van der Waals surface area contributed by atoms with E-state index in [1.54, 1.807) is 4.90 Å². The molecule has 0 bridgehead atoms. The van der Waals surface area contributed by atoms with Crippen molar-refractivity contribution >= 4 is 17.5 Å². The summed E-state index contributed by atoms with van der Waals surface area (Å²) in [5, 5.41) is 9.10. The van der Waals surface area contributed by atoms with Crippen LogP contribution in [0.4, 0.5) is 5.69 Å². The van der Waals surface area contributed by atoms with Crippen molar-refractivity contribution in [1.29, 1.82) is 0 Å². The molecule has 0 aliphatic rings. The molecule has 1 aromatic rings. The number of nitrogen functional groups attached to an aromatic ring is 1. The van der Waals surface area contributed by atoms with Gasteiger partial charge in [0.15, 0.2) is 5.69 Å². The largest absolute Gasteiger partial charge is 0.395 e. The van der Waals surface area contributed by atoms with Gasteiger partial charge in [-0.2, -0.15) is 5.10 Å². The van der Waals surface area contributed by atoms with Crippen LogP contribution >= 0.6 is 0 Å². The van der Waals surface area contributed by atoms with E-state index in [0.29, 0.717) is 25.2 Å². The minimum absolute atomic E-state index is 0.0473. The van der Waals surface area contributed by atoms with Crippen molar-refractivity contribution in [1.82, 2.24) is 20.4 Å². The molecule has 0 atom stereocenters. The van der Waals surface area contributed by atoms with Gasteiger partial charge in [0.05, 0.1) is 17.9 Å². The first-order valence-corrected chi connectivity index (χ1v) is 6.43. The van der Waals surface area contributed by atoms with Gasteiger partial charge in [-0.25, -0.2) is 0 Å². The number of nitrogens with zero attached hydrogens (tertiary/aromatic N) is 2. The monoisotopic (exact) mass is 267 g/mol. The van der Waals surface area contributed by atoms with Crippen LogP contribution in [0.25, 0.3) is 0 Å². The molecule has 106 valence electrons. The topological polar surface area (TPSA) is 104 Å². The minimum atomic E-state index is -0.436. The molecular weight excluding hydrogens is 246 g/mol. The van der Waals surface area contributed by atoms with E-state index < -0.39 is 5.91 Å². The van der Waals surface area contributed by atoms with E-state index in [1.807, 2.05) is 20.8 Å². The molecule has 2 amide bonds. The molecule has 7 heteroatoms. The third kappa shape index (κ3) is 3.46. The van der Waals surface area contributed by atoms with Gasteiger partial charge >= 0.3 is 0 Å². The fourth-order valence-corrected chi connectivity index (χ4v) is 1.76. The van der Waals surface area contributed by atoms with Gasteiger partial charge < -0.3 is 16.0 Å². The van der Waals surface area contributed by atoms with E-state index in [9.17, 15) is 9.59 Å². The predicted molar refractivity (Wildman–Crippen MR) is 72.6 cm³/mol. The van der Waals surface area contributed by atoms with Crippen molar-refractivity contribution in [3.63, 3.8) is 0 Å². The maximum absolute atomic E-state index is 11.9. The Kier molecular flexibility index (Phi) is 5.35. The molecule has 7 nitrogen and oxygen atoms in total. The smallest absolute Gasteiger partial charge is 0.274 e. The van der Waals surface area contributed by atoms with Gasteiger partial charge in [0.25, 0.3) is 5.91 Å². The molecule has 0 saturated heterocycles. The number of hydrogen-bond donors (Lipinski definition) is 3. The average molecular weight is 267 g/mol. The minimum Gasteiger partial charge on any atom is -0.395 e. The van der Waals surface area contributed by atoms with Crippen LogP contribution in [0.5, 0.6) is 0 Å². The van der Waals surface area contributed by atoms with Crippen molar-refractivity contribution in [2.45, 2.75) is 27.2 Å². The second kappa shape index (κ2) is 6.77. The Labute approximate surface area is 112 Å². The number of H-pyrrole nitrogens is 1. The first kappa shape index (κ1) is 15.0. The maximum atomic E-state index is 11.9. The number of carbonyl (C=O) groups is 2. The maximum Gasteiger partial charge on any atom is 0.274 e. The number of likely N-dealkylation sites (N-methyl/N-ethyl adjacent to an activating group) is 1. The number of aromatic amines is 1. The van der Waals surface area contributed by atoms with Crippen LogP contribution < -0.4 is 11.1 Å². The number of carbonyl (C=O) groups excluding carboxylic acids is 2. The SMILES string of the molecule is CCc1[nH]nc(C(=O)NCC(=O)N(CC)CC)c1N. The van der Waals surface area contributed by atoms with E-state index in [4.69, 9.17) is 5.73 Å². The zero-order chi connectivity index (χ0) is 14.4. The Morgan fingerprint density at radius 2 is 1.95 bits per heavy atom. The number of amides is 2. The van der Waals surface area contributed by atoms with Crippen LogP contribution in [0.1, 0.15) is 37.0 Å². The molecule has 0 fully saturated rings. The second-order valence-electron chi connectivity index (χ2n) is 4.07. The van der Waals surface area contributed by atoms with Gasteiger partial charge in [0.1, 0.15) is 0 Å². The zero-order valence-corrected chi connectivity index (χ0v) is 11.6. The molecular formula is C12H21N5O2. The highest BCUT2D eigenvalue weighted by molar-refractivity contribution is 5.99. The lowest BCUT2D eigenvalue weighted by Gasteiger charge is -2.18. The van der Waals surface area contributed by atoms with Crippen molar-refractivity contribution in [3.8, 4) is 0 Å². The van der Waals surface area contributed by atoms with Crippen LogP contribution in [0.2, 0.25) is 0 Å². The van der Waals surface area contributed by atoms with Crippen LogP contribution in [0.15, 0.2) is 0 Å². The summed E-state index contributed by atoms with van der Waals surface area (Å²) in [7, 11) is 0. The van der Waals surface area contributed by atoms with Crippen LogP contribution in [0, 0.1) is 0 Å². The summed E-state index contributed by atoms with van der Waals surface area (Å²) in [6.07, 6.45) is 0.671. The van der Waals surface area contributed by atoms with Crippen molar-refractivity contribution in [2.24, 2.45) is 0 Å². The Bertz CT molecular complexity index is 451. The third-order valence-electron chi connectivity index (χ3n) is 2.97. The standard InChI is InChI=1S/C12H21N5O2/c1-4-8-10(13)11(16-15-8)12(19)14-7-9(18)17(5-2)6-3/h4-7,13H2,1-3H3,(H,14,19)(H,15,16). The van der Waals surface area contributed by atoms with E-state index in [0.717, 1.165) is 5.69 Å². The molecule has 1 aromatic heterocycles. The molecule has 0 radical (unpaired) electrons. The van der Waals surface area contributed by atoms with E-state index in [2.05, 4.69) is 15.5 Å². The molecule has 1 rings (SSSR count). The average Bonchev–Trinajstić information content (AvgIpc) is 2.78. The van der Waals surface area contributed by atoms with Gasteiger partial charge in [0, 0.05) is 13.1 Å². The van der Waals surface area contributed by atoms with E-state index in [1.165, 1.54) is 0 Å². The highest BCUT2D eigenvalue weighted by Gasteiger charge is 2.18. The number of rotatable bonds is 6. The number of nitrogens with one attached hydrogen (secondary N) is 2. The Hall–Kier alpha value is -2.05. The first-order chi connectivity index (χ1) is 9.04. The third-order valence-corrected chi connectivity index (χ3v) is 2.97. The van der Waals surface area contributed by atoms with Gasteiger partial charge in [0.2, 0.25) is 5.91 Å². The number of aryl methyl sites for hydroxylation is 1. The fraction of sp³-hybridized carbons (Fsp3) is 0.583. The summed E-state index contributed by atoms with van der Waals surface area (Å²) in [4.78, 5) is 25.2. The highest BCUT2D eigenvalue weighted by atomic mass is 16.2. The Balaban J connectivity index is 2.60. The van der Waals surface area contributed by atoms with Gasteiger partial charge in [-0.1, -0.05) is 6.92 Å². The lowest BCUT2D eigenvalue weighted by atomic mass is 10.2. The van der Waals surface area contributed by atoms with E-state index in [-0.39, 0.29) is 18.1 Å². The summed E-state index contributed by atoms with van der Waals surface area (Å²) in [6, 6.07) is 0. The van der Waals surface area contributed by atoms with Crippen molar-refractivity contribution in [2.75, 3.05) is 25.4 Å². The van der Waals surface area contributed by atoms with Gasteiger partial charge in [-0.05, 0) is 20.3 Å². The summed E-state index contributed by atoms with van der Waals surface area (Å²) >= 11 is 0. The lowest BCUT2D eigenvalue weighted by molar-refractivity contribution is -0.129. The van der Waals surface area contributed by atoms with Crippen molar-refractivity contribution in [3.05, 3.63) is 11.4 Å². The second-order valence-corrected chi connectivity index (χ2v) is 4.07. The normalized spacial score (nSPS) is 10.3. The molecule has 0 spiro atoms. The number of aromatic nitrogens is 2. The Morgan fingerprint density at radius 3 is 2.42 bits per heavy atom. The summed E-state index contributed by atoms with van der Waals surface area (Å²) < 4.78 is 0. The van der Waals surface area contributed by atoms with Crippen LogP contribution in [0.3, 0.4) is 0 Å². The molecule has 4 N–H and O–H groups in total. The van der Waals surface area contributed by atoms with Gasteiger partial charge in [-0.3, -0.25) is 14.7 Å². The van der Waals surface area contributed by atoms with Crippen LogP contribution in [-0.2, 0) is 11.2 Å². The predicted octanol–water partition coefficient (Wildman–Crippen LogP) is 0.153. The fourth-order valence-electron chi connectivity index (χ4n) is 1.76. The zero-order valence-electron chi connectivity index (χ0n) is 11.6. The quantitative estimate of drug-likeness (QED) is 0.682. The van der Waals surface area contributed by atoms with Crippen LogP contribution in [-0.4, -0.2) is 46.5 Å². The molecule has 0 unspecified atom stereocenters. The Morgan fingerprint density at radius 1 is 1.32 bits per heavy atom. The number of hydrogen-bond acceptors (Lipinski definition) is 4. The summed E-state index contributed by atoms with van der Waals surface area (Å²) in [5.74, 6) is -0.558. The highest BCUT2D eigenvalue weighted by Crippen LogP contribution is 2.13. The summed E-state index contributed by atoms with van der Waals surface area (Å²) in [6.45, 7) is 6.89. The van der Waals surface area contributed by atoms with E-state index >= 15 is 0 Å². The first-order valence-electron chi connectivity index (χ1n) is 6.43. The molecule has 19 heavy (non-hydrogen) atoms. The number of anilines is 1. The lowest BCUT2D eigenvalue weighted by Crippen LogP contribution is -2.40. The number of nitrogens with two attached hydrogens (primary N) is 1. The van der Waals surface area contributed by atoms with Gasteiger partial charge in [-0.15, -0.1) is 0 Å². The molecule has 1 heterocycles. The molecule has 0 aliphatic carbocycles. The molecule has 0 aliphatic heterocycles. The van der Waals surface area contributed by atoms with Crippen molar-refractivity contribution < 1.29 is 9.59 Å². The summed E-state index contributed by atoms with van der Waals surface area (Å²) in [5.41, 5.74) is 6.99.